The first-order valence-corrected chi connectivity index (χ1v) is 5.62. The maximum Gasteiger partial charge on any atom is 0.295 e. The Morgan fingerprint density at radius 3 is 2.89 bits per heavy atom. The molecular weight excluding hydrogens is 232 g/mol. The van der Waals surface area contributed by atoms with Crippen LogP contribution in [0, 0.1) is 0 Å². The number of nitrogens with zero attached hydrogens (tertiary/aromatic N) is 5. The molecule has 0 radical (unpaired) electrons. The van der Waals surface area contributed by atoms with Gasteiger partial charge in [0.1, 0.15) is 0 Å². The van der Waals surface area contributed by atoms with Gasteiger partial charge >= 0.3 is 0 Å². The lowest BCUT2D eigenvalue weighted by Gasteiger charge is -2.25. The van der Waals surface area contributed by atoms with E-state index in [1.165, 1.54) is 0 Å². The molecule has 18 heavy (non-hydrogen) atoms. The summed E-state index contributed by atoms with van der Waals surface area (Å²) in [5.74, 6) is -0.171. The molecule has 2 rings (SSSR count). The van der Waals surface area contributed by atoms with Gasteiger partial charge in [0, 0.05) is 25.0 Å². The number of aromatic nitrogens is 5. The van der Waals surface area contributed by atoms with E-state index in [1.54, 1.807) is 17.3 Å². The quantitative estimate of drug-likeness (QED) is 0.855. The largest absolute Gasteiger partial charge is 0.329 e. The van der Waals surface area contributed by atoms with Gasteiger partial charge in [-0.2, -0.15) is 5.21 Å². The maximum atomic E-state index is 12.2. The second-order valence-corrected chi connectivity index (χ2v) is 4.12. The summed E-state index contributed by atoms with van der Waals surface area (Å²) in [5, 5.41) is 13.1. The fourth-order valence-electron chi connectivity index (χ4n) is 1.56. The van der Waals surface area contributed by atoms with Gasteiger partial charge in [-0.1, -0.05) is 6.07 Å². The summed E-state index contributed by atoms with van der Waals surface area (Å²) in [7, 11) is 0. The number of carbonyl (C=O) groups is 1. The molecule has 2 aromatic heterocycles. The minimum Gasteiger partial charge on any atom is -0.329 e. The Kier molecular flexibility index (Phi) is 3.61. The summed E-state index contributed by atoms with van der Waals surface area (Å²) in [5.41, 5.74) is 0.961. The molecule has 2 aromatic rings. The zero-order chi connectivity index (χ0) is 13.0. The molecule has 0 fully saturated rings. The lowest BCUT2D eigenvalue weighted by Crippen LogP contribution is -2.37. The zero-order valence-corrected chi connectivity index (χ0v) is 10.2. The summed E-state index contributed by atoms with van der Waals surface area (Å²) < 4.78 is 0. The van der Waals surface area contributed by atoms with E-state index in [0.29, 0.717) is 6.54 Å². The number of H-pyrrole nitrogens is 1. The highest BCUT2D eigenvalue weighted by Gasteiger charge is 2.22. The zero-order valence-electron chi connectivity index (χ0n) is 10.2. The third-order valence-electron chi connectivity index (χ3n) is 2.50. The Balaban J connectivity index is 2.17. The predicted octanol–water partition coefficient (Wildman–Crippen LogP) is 0.645. The van der Waals surface area contributed by atoms with E-state index in [1.807, 2.05) is 26.0 Å². The monoisotopic (exact) mass is 246 g/mol. The highest BCUT2D eigenvalue weighted by molar-refractivity contribution is 5.90. The molecule has 1 N–H and O–H groups in total. The summed E-state index contributed by atoms with van der Waals surface area (Å²) in [6, 6.07) is 3.80. The number of pyridine rings is 1. The van der Waals surface area contributed by atoms with Crippen LogP contribution >= 0.6 is 0 Å². The Labute approximate surface area is 104 Å². The average molecular weight is 246 g/mol. The molecule has 0 aliphatic heterocycles. The molecule has 0 spiro atoms. The first kappa shape index (κ1) is 12.2. The van der Waals surface area contributed by atoms with Crippen molar-refractivity contribution >= 4 is 5.91 Å². The first-order chi connectivity index (χ1) is 8.68. The molecule has 0 atom stereocenters. The van der Waals surface area contributed by atoms with Crippen LogP contribution < -0.4 is 0 Å². The third-order valence-corrected chi connectivity index (χ3v) is 2.50. The minimum absolute atomic E-state index is 0.0382. The summed E-state index contributed by atoms with van der Waals surface area (Å²) >= 11 is 0. The number of nitrogens with one attached hydrogen (secondary N) is 1. The number of aromatic amines is 1. The number of amides is 1. The Hall–Kier alpha value is -2.31. The van der Waals surface area contributed by atoms with Crippen molar-refractivity contribution in [3.05, 3.63) is 35.9 Å². The molecule has 0 saturated heterocycles. The van der Waals surface area contributed by atoms with E-state index in [4.69, 9.17) is 0 Å². The fraction of sp³-hybridized carbons (Fsp3) is 0.364. The highest BCUT2D eigenvalue weighted by Crippen LogP contribution is 2.09. The molecule has 0 aliphatic rings. The molecule has 0 aliphatic carbocycles. The van der Waals surface area contributed by atoms with Crippen LogP contribution in [0.15, 0.2) is 24.5 Å². The topological polar surface area (TPSA) is 87.7 Å². The molecule has 2 heterocycles. The maximum absolute atomic E-state index is 12.2. The van der Waals surface area contributed by atoms with Crippen LogP contribution in [0.2, 0.25) is 0 Å². The van der Waals surface area contributed by atoms with E-state index in [-0.39, 0.29) is 17.8 Å². The van der Waals surface area contributed by atoms with Crippen molar-refractivity contribution in [1.29, 1.82) is 0 Å². The smallest absolute Gasteiger partial charge is 0.295 e. The molecular formula is C11H14N6O. The summed E-state index contributed by atoms with van der Waals surface area (Å²) in [6.07, 6.45) is 3.43. The standard InChI is InChI=1S/C11H14N6O/c1-8(2)17(7-9-4-3-5-12-6-9)11(18)10-13-15-16-14-10/h3-6,8H,7H2,1-2H3,(H,13,14,15,16). The predicted molar refractivity (Wildman–Crippen MR) is 63.4 cm³/mol. The van der Waals surface area contributed by atoms with Gasteiger partial charge in [0.25, 0.3) is 11.7 Å². The molecule has 0 unspecified atom stereocenters. The first-order valence-electron chi connectivity index (χ1n) is 5.62. The van der Waals surface area contributed by atoms with E-state index in [0.717, 1.165) is 5.56 Å². The van der Waals surface area contributed by atoms with E-state index >= 15 is 0 Å². The van der Waals surface area contributed by atoms with E-state index in [2.05, 4.69) is 25.6 Å². The second kappa shape index (κ2) is 5.35. The van der Waals surface area contributed by atoms with Crippen LogP contribution in [-0.2, 0) is 6.54 Å². The van der Waals surface area contributed by atoms with E-state index < -0.39 is 0 Å². The second-order valence-electron chi connectivity index (χ2n) is 4.12. The van der Waals surface area contributed by atoms with E-state index in [9.17, 15) is 4.79 Å². The number of carbonyl (C=O) groups excluding carboxylic acids is 1. The normalized spacial score (nSPS) is 10.6. The van der Waals surface area contributed by atoms with Crippen LogP contribution in [0.5, 0.6) is 0 Å². The number of tetrazole rings is 1. The van der Waals surface area contributed by atoms with Gasteiger partial charge in [-0.15, -0.1) is 10.2 Å². The molecule has 1 amide bonds. The third kappa shape index (κ3) is 2.68. The lowest BCUT2D eigenvalue weighted by molar-refractivity contribution is 0.0677. The van der Waals surface area contributed by atoms with Crippen LogP contribution in [0.1, 0.15) is 30.0 Å². The van der Waals surface area contributed by atoms with Gasteiger partial charge in [-0.05, 0) is 30.7 Å². The fourth-order valence-corrected chi connectivity index (χ4v) is 1.56. The van der Waals surface area contributed by atoms with Crippen LogP contribution in [-0.4, -0.2) is 42.5 Å². The Morgan fingerprint density at radius 2 is 2.33 bits per heavy atom. The summed E-state index contributed by atoms with van der Waals surface area (Å²) in [4.78, 5) is 17.9. The SMILES string of the molecule is CC(C)N(Cc1cccnc1)C(=O)c1nn[nH]n1. The van der Waals surface area contributed by atoms with Crippen molar-refractivity contribution in [2.24, 2.45) is 0 Å². The van der Waals surface area contributed by atoms with Gasteiger partial charge in [0.2, 0.25) is 0 Å². The van der Waals surface area contributed by atoms with Crippen LogP contribution in [0.4, 0.5) is 0 Å². The highest BCUT2D eigenvalue weighted by atomic mass is 16.2. The molecule has 7 nitrogen and oxygen atoms in total. The van der Waals surface area contributed by atoms with Gasteiger partial charge in [-0.3, -0.25) is 9.78 Å². The van der Waals surface area contributed by atoms with Gasteiger partial charge < -0.3 is 4.90 Å². The van der Waals surface area contributed by atoms with Crippen molar-refractivity contribution in [3.63, 3.8) is 0 Å². The number of hydrogen-bond donors (Lipinski definition) is 1. The molecule has 0 bridgehead atoms. The van der Waals surface area contributed by atoms with Crippen molar-refractivity contribution in [3.8, 4) is 0 Å². The summed E-state index contributed by atoms with van der Waals surface area (Å²) in [6.45, 7) is 4.35. The Bertz CT molecular complexity index is 496. The van der Waals surface area contributed by atoms with Crippen molar-refractivity contribution in [2.45, 2.75) is 26.4 Å². The van der Waals surface area contributed by atoms with Crippen LogP contribution in [0.25, 0.3) is 0 Å². The lowest BCUT2D eigenvalue weighted by atomic mass is 10.2. The molecule has 0 saturated carbocycles. The number of rotatable bonds is 4. The van der Waals surface area contributed by atoms with Crippen LogP contribution in [0.3, 0.4) is 0 Å². The van der Waals surface area contributed by atoms with Crippen molar-refractivity contribution in [1.82, 2.24) is 30.5 Å². The van der Waals surface area contributed by atoms with Crippen molar-refractivity contribution < 1.29 is 4.79 Å². The van der Waals surface area contributed by atoms with Gasteiger partial charge in [0.15, 0.2) is 0 Å². The van der Waals surface area contributed by atoms with Crippen molar-refractivity contribution in [2.75, 3.05) is 0 Å². The number of hydrogen-bond acceptors (Lipinski definition) is 5. The minimum atomic E-state index is -0.248. The average Bonchev–Trinajstić information content (AvgIpc) is 2.90. The molecule has 0 aromatic carbocycles. The van der Waals surface area contributed by atoms with Gasteiger partial charge in [-0.25, -0.2) is 0 Å². The Morgan fingerprint density at radius 1 is 1.50 bits per heavy atom. The van der Waals surface area contributed by atoms with Gasteiger partial charge in [0.05, 0.1) is 0 Å². The molecule has 7 heteroatoms. The molecule has 94 valence electrons.